The number of carbonyl (C=O) groups is 3. The van der Waals surface area contributed by atoms with Gasteiger partial charge >= 0.3 is 25.7 Å². The molecule has 0 saturated carbocycles. The Morgan fingerprint density at radius 1 is 1.08 bits per heavy atom. The van der Waals surface area contributed by atoms with Crippen molar-refractivity contribution in [3.05, 3.63) is 60.0 Å². The van der Waals surface area contributed by atoms with Gasteiger partial charge < -0.3 is 24.7 Å². The molecule has 48 heavy (non-hydrogen) atoms. The van der Waals surface area contributed by atoms with Crippen molar-refractivity contribution in [1.29, 1.82) is 5.26 Å². The number of fused-ring (bicyclic) bond motifs is 1. The normalized spacial score (nSPS) is 22.6. The van der Waals surface area contributed by atoms with Gasteiger partial charge in [-0.3, -0.25) is 23.4 Å². The number of nitrogens with zero attached hydrogens (tertiary/aromatic N) is 4. The number of nitrogen functional groups attached to an aromatic ring is 1. The maximum absolute atomic E-state index is 14.2. The molecule has 3 aromatic rings. The SMILES string of the molecule is COC(=O)[C@H](C)NP(=O)(OCc1ccccc1)OC[C@@]1(C#N)OC[C@](OC(=O)C(C)C)(c2ccc3c(N)ncnn23)[C@@H]1OC(=O)C(C)C. The van der Waals surface area contributed by atoms with Crippen LogP contribution >= 0.6 is 7.75 Å². The minimum atomic E-state index is -4.46. The van der Waals surface area contributed by atoms with Crippen LogP contribution in [0, 0.1) is 23.2 Å². The van der Waals surface area contributed by atoms with E-state index in [1.54, 1.807) is 64.1 Å². The van der Waals surface area contributed by atoms with Gasteiger partial charge in [0.25, 0.3) is 0 Å². The van der Waals surface area contributed by atoms with Gasteiger partial charge in [-0.2, -0.15) is 10.4 Å². The summed E-state index contributed by atoms with van der Waals surface area (Å²) in [7, 11) is -3.30. The number of aromatic nitrogens is 3. The van der Waals surface area contributed by atoms with E-state index in [0.717, 1.165) is 7.11 Å². The lowest BCUT2D eigenvalue weighted by Gasteiger charge is -2.37. The van der Waals surface area contributed by atoms with Gasteiger partial charge in [0.2, 0.25) is 11.2 Å². The van der Waals surface area contributed by atoms with Gasteiger partial charge in [-0.05, 0) is 24.6 Å². The molecule has 1 saturated heterocycles. The Balaban J connectivity index is 1.81. The summed E-state index contributed by atoms with van der Waals surface area (Å²) >= 11 is 0. The first-order valence-corrected chi connectivity index (χ1v) is 16.6. The Labute approximate surface area is 277 Å². The molecule has 5 atom stereocenters. The Kier molecular flexibility index (Phi) is 11.2. The lowest BCUT2D eigenvalue weighted by Crippen LogP contribution is -2.55. The fraction of sp³-hybridized carbons (Fsp3) is 0.484. The van der Waals surface area contributed by atoms with E-state index in [1.165, 1.54) is 23.8 Å². The molecule has 0 radical (unpaired) electrons. The molecule has 3 N–H and O–H groups in total. The number of carbonyl (C=O) groups excluding carboxylic acids is 3. The maximum Gasteiger partial charge on any atom is 0.406 e. The van der Waals surface area contributed by atoms with Crippen molar-refractivity contribution in [2.24, 2.45) is 11.8 Å². The average Bonchev–Trinajstić information content (AvgIpc) is 3.64. The van der Waals surface area contributed by atoms with Crippen LogP contribution in [0.25, 0.3) is 5.52 Å². The molecular weight excluding hydrogens is 647 g/mol. The quantitative estimate of drug-likeness (QED) is 0.142. The Morgan fingerprint density at radius 3 is 2.40 bits per heavy atom. The molecule has 0 spiro atoms. The van der Waals surface area contributed by atoms with E-state index in [1.807, 2.05) is 6.07 Å². The fourth-order valence-electron chi connectivity index (χ4n) is 4.85. The highest BCUT2D eigenvalue weighted by Crippen LogP contribution is 2.51. The Bertz CT molecular complexity index is 1730. The molecule has 258 valence electrons. The van der Waals surface area contributed by atoms with Crippen LogP contribution in [0.3, 0.4) is 0 Å². The van der Waals surface area contributed by atoms with E-state index < -0.39 is 74.1 Å². The third-order valence-electron chi connectivity index (χ3n) is 7.55. The number of methoxy groups -OCH3 is 1. The van der Waals surface area contributed by atoms with Gasteiger partial charge in [0.15, 0.2) is 11.9 Å². The summed E-state index contributed by atoms with van der Waals surface area (Å²) in [6, 6.07) is 12.7. The summed E-state index contributed by atoms with van der Waals surface area (Å²) in [6.45, 7) is 6.18. The molecule has 3 heterocycles. The highest BCUT2D eigenvalue weighted by atomic mass is 31.2. The number of hydrogen-bond donors (Lipinski definition) is 2. The number of nitriles is 1. The zero-order chi connectivity index (χ0) is 35.3. The van der Waals surface area contributed by atoms with Crippen molar-refractivity contribution in [3.63, 3.8) is 0 Å². The zero-order valence-electron chi connectivity index (χ0n) is 27.4. The number of nitrogens with two attached hydrogens (primary N) is 1. The largest absolute Gasteiger partial charge is 0.468 e. The third kappa shape index (κ3) is 7.51. The average molecular weight is 687 g/mol. The van der Waals surface area contributed by atoms with Gasteiger partial charge in [0.05, 0.1) is 37.9 Å². The second-order valence-corrected chi connectivity index (χ2v) is 13.6. The molecule has 0 amide bonds. The summed E-state index contributed by atoms with van der Waals surface area (Å²) < 4.78 is 49.9. The highest BCUT2D eigenvalue weighted by Gasteiger charge is 2.67. The molecule has 0 bridgehead atoms. The summed E-state index contributed by atoms with van der Waals surface area (Å²) in [5.74, 6) is -3.47. The van der Waals surface area contributed by atoms with Gasteiger partial charge in [-0.15, -0.1) is 0 Å². The van der Waals surface area contributed by atoms with E-state index in [0.29, 0.717) is 11.1 Å². The summed E-state index contributed by atoms with van der Waals surface area (Å²) in [4.78, 5) is 42.8. The van der Waals surface area contributed by atoms with Gasteiger partial charge in [-0.1, -0.05) is 58.0 Å². The maximum atomic E-state index is 14.2. The Hall–Kier alpha value is -4.39. The molecule has 17 heteroatoms. The molecule has 1 aromatic carbocycles. The Morgan fingerprint density at radius 2 is 1.77 bits per heavy atom. The van der Waals surface area contributed by atoms with Crippen molar-refractivity contribution in [2.45, 2.75) is 64.6 Å². The van der Waals surface area contributed by atoms with E-state index in [9.17, 15) is 24.2 Å². The van der Waals surface area contributed by atoms with Crippen molar-refractivity contribution in [2.75, 3.05) is 26.1 Å². The molecule has 0 aliphatic carbocycles. The monoisotopic (exact) mass is 686 g/mol. The molecule has 16 nitrogen and oxygen atoms in total. The predicted octanol–water partition coefficient (Wildman–Crippen LogP) is 3.06. The number of anilines is 1. The van der Waals surface area contributed by atoms with Crippen LogP contribution in [0.5, 0.6) is 0 Å². The molecule has 4 rings (SSSR count). The van der Waals surface area contributed by atoms with Gasteiger partial charge in [0, 0.05) is 0 Å². The van der Waals surface area contributed by atoms with Crippen molar-refractivity contribution in [1.82, 2.24) is 19.7 Å². The number of benzene rings is 1. The predicted molar refractivity (Wildman–Crippen MR) is 168 cm³/mol. The molecule has 1 aliphatic rings. The molecule has 1 unspecified atom stereocenters. The van der Waals surface area contributed by atoms with E-state index in [4.69, 9.17) is 33.7 Å². The standard InChI is InChI=1S/C31H39N6O10P/c1-19(2)26(38)46-29-30(15-32,16-45-48(41,36-21(5)28(40)42-6)44-14-22-10-8-7-9-11-22)43-17-31(29,47-27(39)20(3)4)24-13-12-23-25(33)34-18-35-37(23)24/h7-13,18-21,29H,14,16-17H2,1-6H3,(H,36,41)(H2,33,34,35)/t21-,29+,30+,31-,48?/m0/s1. The summed E-state index contributed by atoms with van der Waals surface area (Å²) in [5.41, 5.74) is 2.97. The minimum Gasteiger partial charge on any atom is -0.468 e. The molecule has 1 aliphatic heterocycles. The highest BCUT2D eigenvalue weighted by molar-refractivity contribution is 7.51. The number of esters is 3. The lowest BCUT2D eigenvalue weighted by molar-refractivity contribution is -0.191. The number of ether oxygens (including phenoxy) is 4. The molecular formula is C31H39N6O10P. The van der Waals surface area contributed by atoms with E-state index in [-0.39, 0.29) is 18.1 Å². The smallest absolute Gasteiger partial charge is 0.406 e. The second-order valence-electron chi connectivity index (χ2n) is 11.8. The first kappa shape index (κ1) is 36.4. The van der Waals surface area contributed by atoms with Gasteiger partial charge in [0.1, 0.15) is 30.6 Å². The number of rotatable bonds is 14. The number of nitrogens with one attached hydrogen (secondary N) is 1. The van der Waals surface area contributed by atoms with Crippen LogP contribution in [0.15, 0.2) is 48.8 Å². The summed E-state index contributed by atoms with van der Waals surface area (Å²) in [6.07, 6.45) is -0.522. The molecule has 2 aromatic heterocycles. The topological polar surface area (TPSA) is 216 Å². The lowest BCUT2D eigenvalue weighted by atomic mass is 9.85. The van der Waals surface area contributed by atoms with Crippen molar-refractivity contribution >= 4 is 37.0 Å². The fourth-order valence-corrected chi connectivity index (χ4v) is 6.34. The summed E-state index contributed by atoms with van der Waals surface area (Å²) in [5, 5.41) is 17.5. The van der Waals surface area contributed by atoms with Crippen LogP contribution in [0.2, 0.25) is 0 Å². The van der Waals surface area contributed by atoms with E-state index >= 15 is 0 Å². The van der Waals surface area contributed by atoms with Crippen LogP contribution in [0.4, 0.5) is 5.82 Å². The number of hydrogen-bond acceptors (Lipinski definition) is 14. The van der Waals surface area contributed by atoms with Crippen LogP contribution < -0.4 is 10.8 Å². The van der Waals surface area contributed by atoms with Crippen LogP contribution in [-0.4, -0.2) is 70.6 Å². The third-order valence-corrected chi connectivity index (χ3v) is 9.20. The van der Waals surface area contributed by atoms with E-state index in [2.05, 4.69) is 15.2 Å². The minimum absolute atomic E-state index is 0.105. The first-order chi connectivity index (χ1) is 22.7. The first-order valence-electron chi connectivity index (χ1n) is 15.1. The zero-order valence-corrected chi connectivity index (χ0v) is 28.3. The van der Waals surface area contributed by atoms with Crippen molar-refractivity contribution < 1.29 is 46.9 Å². The van der Waals surface area contributed by atoms with Crippen LogP contribution in [-0.2, 0) is 59.2 Å². The second kappa shape index (κ2) is 14.8. The van der Waals surface area contributed by atoms with Crippen LogP contribution in [0.1, 0.15) is 45.9 Å². The van der Waals surface area contributed by atoms with Gasteiger partial charge in [-0.25, -0.2) is 19.2 Å². The van der Waals surface area contributed by atoms with Crippen molar-refractivity contribution in [3.8, 4) is 6.07 Å². The molecule has 1 fully saturated rings.